The molecule has 0 unspecified atom stereocenters. The molecule has 1 fully saturated rings. The van der Waals surface area contributed by atoms with Crippen molar-refractivity contribution >= 4 is 11.9 Å². The molecule has 0 aromatic heterocycles. The Morgan fingerprint density at radius 2 is 2.06 bits per heavy atom. The zero-order valence-electron chi connectivity index (χ0n) is 9.62. The van der Waals surface area contributed by atoms with Gasteiger partial charge in [0.05, 0.1) is 13.2 Å². The lowest BCUT2D eigenvalue weighted by Gasteiger charge is -2.21. The molecule has 1 heterocycles. The summed E-state index contributed by atoms with van der Waals surface area (Å²) in [5.41, 5.74) is 0. The van der Waals surface area contributed by atoms with Crippen LogP contribution in [0.5, 0.6) is 0 Å². The summed E-state index contributed by atoms with van der Waals surface area (Å²) >= 11 is 0. The van der Waals surface area contributed by atoms with Crippen molar-refractivity contribution in [3.05, 3.63) is 0 Å². The SMILES string of the molecule is CCOC(=O)[C@H]1CNCCO1.O=C(O)C(F)(F)F. The lowest BCUT2D eigenvalue weighted by Crippen LogP contribution is -2.43. The minimum Gasteiger partial charge on any atom is -0.475 e. The summed E-state index contributed by atoms with van der Waals surface area (Å²) in [4.78, 5) is 19.9. The molecule has 1 aliphatic rings. The number of carbonyl (C=O) groups is 2. The lowest BCUT2D eigenvalue weighted by atomic mass is 10.3. The van der Waals surface area contributed by atoms with Crippen molar-refractivity contribution in [1.29, 1.82) is 0 Å². The van der Waals surface area contributed by atoms with E-state index in [9.17, 15) is 18.0 Å². The monoisotopic (exact) mass is 273 g/mol. The molecule has 1 atom stereocenters. The second-order valence-electron chi connectivity index (χ2n) is 3.12. The molecule has 1 aliphatic heterocycles. The van der Waals surface area contributed by atoms with Crippen LogP contribution >= 0.6 is 0 Å². The first-order valence-electron chi connectivity index (χ1n) is 5.08. The lowest BCUT2D eigenvalue weighted by molar-refractivity contribution is -0.192. The van der Waals surface area contributed by atoms with Crippen LogP contribution in [0.25, 0.3) is 0 Å². The fourth-order valence-electron chi connectivity index (χ4n) is 0.952. The highest BCUT2D eigenvalue weighted by Gasteiger charge is 2.38. The number of hydrogen-bond acceptors (Lipinski definition) is 5. The van der Waals surface area contributed by atoms with Crippen molar-refractivity contribution in [2.45, 2.75) is 19.2 Å². The summed E-state index contributed by atoms with van der Waals surface area (Å²) in [5.74, 6) is -3.02. The number of carbonyl (C=O) groups excluding carboxylic acids is 1. The van der Waals surface area contributed by atoms with Crippen molar-refractivity contribution in [3.63, 3.8) is 0 Å². The Hall–Kier alpha value is -1.35. The summed E-state index contributed by atoms with van der Waals surface area (Å²) in [6, 6.07) is 0. The molecule has 1 saturated heterocycles. The van der Waals surface area contributed by atoms with E-state index < -0.39 is 18.2 Å². The van der Waals surface area contributed by atoms with E-state index in [1.807, 2.05) is 0 Å². The number of carboxylic acid groups (broad SMARTS) is 1. The molecule has 6 nitrogen and oxygen atoms in total. The fraction of sp³-hybridized carbons (Fsp3) is 0.778. The van der Waals surface area contributed by atoms with Crippen molar-refractivity contribution in [3.8, 4) is 0 Å². The van der Waals surface area contributed by atoms with Gasteiger partial charge in [0.2, 0.25) is 0 Å². The van der Waals surface area contributed by atoms with Gasteiger partial charge in [0.25, 0.3) is 0 Å². The minimum absolute atomic E-state index is 0.264. The molecule has 0 saturated carbocycles. The number of carboxylic acids is 1. The van der Waals surface area contributed by atoms with Gasteiger partial charge >= 0.3 is 18.1 Å². The van der Waals surface area contributed by atoms with E-state index in [1.165, 1.54) is 0 Å². The summed E-state index contributed by atoms with van der Waals surface area (Å²) < 4.78 is 41.7. The Bertz CT molecular complexity index is 276. The molecule has 0 radical (unpaired) electrons. The van der Waals surface area contributed by atoms with Crippen LogP contribution in [0.4, 0.5) is 13.2 Å². The first-order valence-corrected chi connectivity index (χ1v) is 5.08. The highest BCUT2D eigenvalue weighted by atomic mass is 19.4. The van der Waals surface area contributed by atoms with Crippen molar-refractivity contribution in [2.75, 3.05) is 26.3 Å². The third kappa shape index (κ3) is 7.07. The average molecular weight is 273 g/mol. The van der Waals surface area contributed by atoms with Crippen LogP contribution in [0.2, 0.25) is 0 Å². The van der Waals surface area contributed by atoms with Gasteiger partial charge in [-0.3, -0.25) is 0 Å². The van der Waals surface area contributed by atoms with E-state index >= 15 is 0 Å². The molecular formula is C9H14F3NO5. The molecule has 0 spiro atoms. The van der Waals surface area contributed by atoms with Gasteiger partial charge in [0.15, 0.2) is 6.10 Å². The predicted molar refractivity (Wildman–Crippen MR) is 52.9 cm³/mol. The molecule has 0 aliphatic carbocycles. The number of ether oxygens (including phenoxy) is 2. The minimum atomic E-state index is -5.08. The topological polar surface area (TPSA) is 84.9 Å². The molecule has 0 aromatic carbocycles. The quantitative estimate of drug-likeness (QED) is 0.698. The molecule has 0 bridgehead atoms. The highest BCUT2D eigenvalue weighted by Crippen LogP contribution is 2.13. The number of rotatable bonds is 2. The summed E-state index contributed by atoms with van der Waals surface area (Å²) in [6.07, 6.45) is -5.48. The first-order chi connectivity index (χ1) is 8.29. The summed E-state index contributed by atoms with van der Waals surface area (Å²) in [6.45, 7) is 4.17. The number of alkyl halides is 3. The third-order valence-electron chi connectivity index (χ3n) is 1.72. The fourth-order valence-corrected chi connectivity index (χ4v) is 0.952. The smallest absolute Gasteiger partial charge is 0.475 e. The first kappa shape index (κ1) is 16.6. The summed E-state index contributed by atoms with van der Waals surface area (Å²) in [5, 5.41) is 10.2. The molecule has 106 valence electrons. The third-order valence-corrected chi connectivity index (χ3v) is 1.72. The number of aliphatic carboxylic acids is 1. The van der Waals surface area contributed by atoms with Crippen LogP contribution in [0.1, 0.15) is 6.92 Å². The van der Waals surface area contributed by atoms with E-state index in [1.54, 1.807) is 6.92 Å². The van der Waals surface area contributed by atoms with Crippen LogP contribution < -0.4 is 5.32 Å². The van der Waals surface area contributed by atoms with Gasteiger partial charge in [-0.15, -0.1) is 0 Å². The Labute approximate surface area is 101 Å². The van der Waals surface area contributed by atoms with Crippen LogP contribution in [0.15, 0.2) is 0 Å². The number of halogens is 3. The van der Waals surface area contributed by atoms with E-state index in [0.29, 0.717) is 19.8 Å². The molecule has 0 amide bonds. The number of esters is 1. The Balaban J connectivity index is 0.000000360. The Kier molecular flexibility index (Phi) is 7.29. The average Bonchev–Trinajstić information content (AvgIpc) is 2.30. The normalized spacial score (nSPS) is 19.4. The van der Waals surface area contributed by atoms with Gasteiger partial charge in [0, 0.05) is 13.1 Å². The standard InChI is InChI=1S/C7H13NO3.C2HF3O2/c1-2-10-7(9)6-5-8-3-4-11-6;3-2(4,5)1(6)7/h6,8H,2-5H2,1H3;(H,6,7)/t6-;/m1./s1. The van der Waals surface area contributed by atoms with Crippen molar-refractivity contribution in [2.24, 2.45) is 0 Å². The summed E-state index contributed by atoms with van der Waals surface area (Å²) in [7, 11) is 0. The van der Waals surface area contributed by atoms with E-state index in [-0.39, 0.29) is 5.97 Å². The molecule has 18 heavy (non-hydrogen) atoms. The molecule has 0 aromatic rings. The van der Waals surface area contributed by atoms with Gasteiger partial charge in [0.1, 0.15) is 0 Å². The zero-order valence-corrected chi connectivity index (χ0v) is 9.62. The second kappa shape index (κ2) is 7.88. The molecule has 2 N–H and O–H groups in total. The van der Waals surface area contributed by atoms with Gasteiger partial charge in [-0.25, -0.2) is 9.59 Å². The van der Waals surface area contributed by atoms with E-state index in [4.69, 9.17) is 19.4 Å². The van der Waals surface area contributed by atoms with Crippen LogP contribution in [0.3, 0.4) is 0 Å². The van der Waals surface area contributed by atoms with Gasteiger partial charge in [-0.2, -0.15) is 13.2 Å². The maximum absolute atomic E-state index is 11.0. The number of morpholine rings is 1. The van der Waals surface area contributed by atoms with Crippen molar-refractivity contribution in [1.82, 2.24) is 5.32 Å². The maximum Gasteiger partial charge on any atom is 0.490 e. The largest absolute Gasteiger partial charge is 0.490 e. The van der Waals surface area contributed by atoms with Gasteiger partial charge < -0.3 is 19.9 Å². The molecular weight excluding hydrogens is 259 g/mol. The molecule has 1 rings (SSSR count). The zero-order chi connectivity index (χ0) is 14.2. The van der Waals surface area contributed by atoms with Gasteiger partial charge in [-0.1, -0.05) is 0 Å². The van der Waals surface area contributed by atoms with Crippen molar-refractivity contribution < 1.29 is 37.3 Å². The number of hydrogen-bond donors (Lipinski definition) is 2. The van der Waals surface area contributed by atoms with Gasteiger partial charge in [-0.05, 0) is 6.92 Å². The maximum atomic E-state index is 11.0. The Morgan fingerprint density at radius 1 is 1.50 bits per heavy atom. The number of nitrogens with one attached hydrogen (secondary N) is 1. The highest BCUT2D eigenvalue weighted by molar-refractivity contribution is 5.75. The van der Waals surface area contributed by atoms with Crippen LogP contribution in [-0.4, -0.2) is 55.6 Å². The van der Waals surface area contributed by atoms with Crippen LogP contribution in [0, 0.1) is 0 Å². The predicted octanol–water partition coefficient (Wildman–Crippen LogP) is 0.171. The second-order valence-corrected chi connectivity index (χ2v) is 3.12. The van der Waals surface area contributed by atoms with E-state index in [2.05, 4.69) is 5.32 Å². The van der Waals surface area contributed by atoms with E-state index in [0.717, 1.165) is 6.54 Å². The van der Waals surface area contributed by atoms with Crippen LogP contribution in [-0.2, 0) is 19.1 Å². The Morgan fingerprint density at radius 3 is 2.39 bits per heavy atom. The molecule has 9 heteroatoms.